The van der Waals surface area contributed by atoms with E-state index in [1.54, 1.807) is 17.9 Å². The van der Waals surface area contributed by atoms with E-state index in [0.717, 1.165) is 25.1 Å². The van der Waals surface area contributed by atoms with Gasteiger partial charge in [-0.2, -0.15) is 0 Å². The summed E-state index contributed by atoms with van der Waals surface area (Å²) in [6.07, 6.45) is 1.10. The number of benzene rings is 1. The van der Waals surface area contributed by atoms with Crippen molar-refractivity contribution in [2.75, 3.05) is 37.4 Å². The number of fused-ring (bicyclic) bond motifs is 1. The van der Waals surface area contributed by atoms with E-state index in [4.69, 9.17) is 4.74 Å². The van der Waals surface area contributed by atoms with Crippen molar-refractivity contribution >= 4 is 23.2 Å². The standard InChI is InChI=1S/C19H29N3O3/c1-6-14(7-2)18(23)20-15-8-9-16-17(12-15)25-13(3)19(24)22(16)11-10-21(4)5/h8-9,12-14H,6-7,10-11H2,1-5H3,(H,20,23). The van der Waals surface area contributed by atoms with Crippen molar-refractivity contribution in [2.24, 2.45) is 5.92 Å². The van der Waals surface area contributed by atoms with Gasteiger partial charge in [0.15, 0.2) is 6.10 Å². The lowest BCUT2D eigenvalue weighted by Gasteiger charge is -2.34. The van der Waals surface area contributed by atoms with Gasteiger partial charge in [0, 0.05) is 30.8 Å². The van der Waals surface area contributed by atoms with Crippen LogP contribution in [0.5, 0.6) is 5.75 Å². The first kappa shape index (κ1) is 19.2. The molecule has 1 aliphatic rings. The zero-order valence-electron chi connectivity index (χ0n) is 15.8. The van der Waals surface area contributed by atoms with Gasteiger partial charge in [-0.3, -0.25) is 9.59 Å². The summed E-state index contributed by atoms with van der Waals surface area (Å²) in [5.74, 6) is 0.625. The molecule has 1 atom stereocenters. The van der Waals surface area contributed by atoms with Crippen LogP contribution in [0.3, 0.4) is 0 Å². The van der Waals surface area contributed by atoms with Gasteiger partial charge in [-0.05, 0) is 46.0 Å². The molecule has 1 unspecified atom stereocenters. The summed E-state index contributed by atoms with van der Waals surface area (Å²) in [5, 5.41) is 2.95. The molecule has 6 heteroatoms. The summed E-state index contributed by atoms with van der Waals surface area (Å²) >= 11 is 0. The van der Waals surface area contributed by atoms with Crippen molar-refractivity contribution in [1.29, 1.82) is 0 Å². The Hall–Kier alpha value is -2.08. The Morgan fingerprint density at radius 2 is 2.00 bits per heavy atom. The van der Waals surface area contributed by atoms with Gasteiger partial charge >= 0.3 is 0 Å². The summed E-state index contributed by atoms with van der Waals surface area (Å²) in [7, 11) is 3.96. The van der Waals surface area contributed by atoms with Crippen molar-refractivity contribution < 1.29 is 14.3 Å². The third-order valence-electron chi connectivity index (χ3n) is 4.56. The number of nitrogens with zero attached hydrogens (tertiary/aromatic N) is 2. The number of carbonyl (C=O) groups is 2. The minimum absolute atomic E-state index is 0.00837. The van der Waals surface area contributed by atoms with Crippen LogP contribution in [0, 0.1) is 5.92 Å². The van der Waals surface area contributed by atoms with Gasteiger partial charge in [0.2, 0.25) is 5.91 Å². The molecule has 2 amide bonds. The number of hydrogen-bond acceptors (Lipinski definition) is 4. The predicted octanol–water partition coefficient (Wildman–Crippen LogP) is 2.74. The lowest BCUT2D eigenvalue weighted by Crippen LogP contribution is -2.46. The SMILES string of the molecule is CCC(CC)C(=O)Nc1ccc2c(c1)OC(C)C(=O)N2CCN(C)C. The van der Waals surface area contributed by atoms with E-state index in [0.29, 0.717) is 18.0 Å². The Labute approximate surface area is 150 Å². The molecule has 25 heavy (non-hydrogen) atoms. The van der Waals surface area contributed by atoms with Crippen LogP contribution < -0.4 is 15.0 Å². The number of hydrogen-bond donors (Lipinski definition) is 1. The zero-order valence-corrected chi connectivity index (χ0v) is 15.8. The first-order chi connectivity index (χ1) is 11.9. The first-order valence-corrected chi connectivity index (χ1v) is 8.95. The Bertz CT molecular complexity index is 626. The van der Waals surface area contributed by atoms with E-state index in [9.17, 15) is 9.59 Å². The second kappa shape index (κ2) is 8.34. The quantitative estimate of drug-likeness (QED) is 0.824. The molecule has 0 aromatic heterocycles. The van der Waals surface area contributed by atoms with E-state index < -0.39 is 6.10 Å². The van der Waals surface area contributed by atoms with E-state index in [2.05, 4.69) is 5.32 Å². The molecule has 138 valence electrons. The van der Waals surface area contributed by atoms with Gasteiger partial charge < -0.3 is 19.9 Å². The summed E-state index contributed by atoms with van der Waals surface area (Å²) in [6.45, 7) is 7.15. The molecule has 0 spiro atoms. The molecule has 0 aliphatic carbocycles. The molecular weight excluding hydrogens is 318 g/mol. The highest BCUT2D eigenvalue weighted by atomic mass is 16.5. The predicted molar refractivity (Wildman–Crippen MR) is 100 cm³/mol. The van der Waals surface area contributed by atoms with Crippen LogP contribution in [0.2, 0.25) is 0 Å². The van der Waals surface area contributed by atoms with Crippen molar-refractivity contribution in [3.63, 3.8) is 0 Å². The third-order valence-corrected chi connectivity index (χ3v) is 4.56. The average Bonchev–Trinajstić information content (AvgIpc) is 2.56. The molecule has 1 heterocycles. The number of nitrogens with one attached hydrogen (secondary N) is 1. The molecular formula is C19H29N3O3. The molecule has 1 aliphatic heterocycles. The number of carbonyl (C=O) groups excluding carboxylic acids is 2. The zero-order chi connectivity index (χ0) is 18.6. The average molecular weight is 347 g/mol. The summed E-state index contributed by atoms with van der Waals surface area (Å²) in [4.78, 5) is 28.5. The third kappa shape index (κ3) is 4.51. The molecule has 1 aromatic carbocycles. The van der Waals surface area contributed by atoms with Crippen LogP contribution in [0.1, 0.15) is 33.6 Å². The molecule has 0 saturated heterocycles. The molecule has 0 bridgehead atoms. The largest absolute Gasteiger partial charge is 0.479 e. The maximum atomic E-state index is 12.4. The smallest absolute Gasteiger partial charge is 0.267 e. The molecule has 0 radical (unpaired) electrons. The van der Waals surface area contributed by atoms with Crippen LogP contribution >= 0.6 is 0 Å². The van der Waals surface area contributed by atoms with E-state index in [1.165, 1.54) is 0 Å². The Morgan fingerprint density at radius 3 is 2.60 bits per heavy atom. The van der Waals surface area contributed by atoms with Gasteiger partial charge in [-0.25, -0.2) is 0 Å². The van der Waals surface area contributed by atoms with Gasteiger partial charge in [0.25, 0.3) is 5.91 Å². The van der Waals surface area contributed by atoms with Crippen molar-refractivity contribution in [1.82, 2.24) is 4.90 Å². The molecule has 1 aromatic rings. The molecule has 0 saturated carbocycles. The fourth-order valence-corrected chi connectivity index (χ4v) is 2.92. The minimum Gasteiger partial charge on any atom is -0.479 e. The summed E-state index contributed by atoms with van der Waals surface area (Å²) in [5.41, 5.74) is 1.45. The van der Waals surface area contributed by atoms with Crippen molar-refractivity contribution in [2.45, 2.75) is 39.7 Å². The van der Waals surface area contributed by atoms with Crippen molar-refractivity contribution in [3.05, 3.63) is 18.2 Å². The van der Waals surface area contributed by atoms with Crippen LogP contribution in [0.15, 0.2) is 18.2 Å². The second-order valence-electron chi connectivity index (χ2n) is 6.74. The van der Waals surface area contributed by atoms with E-state index in [1.807, 2.05) is 45.0 Å². The maximum absolute atomic E-state index is 12.4. The lowest BCUT2D eigenvalue weighted by molar-refractivity contribution is -0.125. The van der Waals surface area contributed by atoms with Gasteiger partial charge in [-0.1, -0.05) is 13.8 Å². The Morgan fingerprint density at radius 1 is 1.32 bits per heavy atom. The Balaban J connectivity index is 2.21. The van der Waals surface area contributed by atoms with Crippen LogP contribution in [-0.2, 0) is 9.59 Å². The lowest BCUT2D eigenvalue weighted by atomic mass is 10.0. The number of anilines is 2. The van der Waals surface area contributed by atoms with Crippen LogP contribution in [0.4, 0.5) is 11.4 Å². The summed E-state index contributed by atoms with van der Waals surface area (Å²) < 4.78 is 5.76. The van der Waals surface area contributed by atoms with Gasteiger partial charge in [0.05, 0.1) is 5.69 Å². The highest BCUT2D eigenvalue weighted by Gasteiger charge is 2.31. The number of ether oxygens (including phenoxy) is 1. The highest BCUT2D eigenvalue weighted by molar-refractivity contribution is 6.00. The van der Waals surface area contributed by atoms with Gasteiger partial charge in [0.1, 0.15) is 5.75 Å². The van der Waals surface area contributed by atoms with Crippen molar-refractivity contribution in [3.8, 4) is 5.75 Å². The normalized spacial score (nSPS) is 16.8. The molecule has 2 rings (SSSR count). The maximum Gasteiger partial charge on any atom is 0.267 e. The topological polar surface area (TPSA) is 61.9 Å². The number of likely N-dealkylation sites (N-methyl/N-ethyl adjacent to an activating group) is 1. The Kier molecular flexibility index (Phi) is 6.42. The fourth-order valence-electron chi connectivity index (χ4n) is 2.92. The van der Waals surface area contributed by atoms with Gasteiger partial charge in [-0.15, -0.1) is 0 Å². The monoisotopic (exact) mass is 347 g/mol. The molecule has 0 fully saturated rings. The number of rotatable bonds is 7. The van der Waals surface area contributed by atoms with Crippen LogP contribution in [-0.4, -0.2) is 50.0 Å². The van der Waals surface area contributed by atoms with E-state index >= 15 is 0 Å². The second-order valence-corrected chi connectivity index (χ2v) is 6.74. The highest BCUT2D eigenvalue weighted by Crippen LogP contribution is 2.36. The number of amides is 2. The molecule has 6 nitrogen and oxygen atoms in total. The first-order valence-electron chi connectivity index (χ1n) is 8.95. The van der Waals surface area contributed by atoms with E-state index in [-0.39, 0.29) is 17.7 Å². The van der Waals surface area contributed by atoms with Crippen LogP contribution in [0.25, 0.3) is 0 Å². The minimum atomic E-state index is -0.528. The summed E-state index contributed by atoms with van der Waals surface area (Å²) in [6, 6.07) is 5.48. The molecule has 1 N–H and O–H groups in total. The fraction of sp³-hybridized carbons (Fsp3) is 0.579.